The Kier molecular flexibility index (Phi) is 4.89. The minimum absolute atomic E-state index is 0.0222. The number of hydrogen-bond acceptors (Lipinski definition) is 4. The minimum Gasteiger partial charge on any atom is -0.339 e. The summed E-state index contributed by atoms with van der Waals surface area (Å²) in [4.78, 5) is 31.2. The lowest BCUT2D eigenvalue weighted by molar-refractivity contribution is -0.142. The largest absolute Gasteiger partial charge is 0.339 e. The molecule has 3 rings (SSSR count). The average molecular weight is 333 g/mol. The van der Waals surface area contributed by atoms with Gasteiger partial charge in [0.05, 0.1) is 6.04 Å². The van der Waals surface area contributed by atoms with Crippen molar-refractivity contribution in [1.29, 1.82) is 0 Å². The summed E-state index contributed by atoms with van der Waals surface area (Å²) in [5.41, 5.74) is 1.36. The maximum absolute atomic E-state index is 12.7. The molecule has 132 valence electrons. The van der Waals surface area contributed by atoms with Gasteiger partial charge in [-0.3, -0.25) is 19.6 Å². The molecule has 0 saturated carbocycles. The second-order valence-electron chi connectivity index (χ2n) is 7.05. The third-order valence-electron chi connectivity index (χ3n) is 5.04. The van der Waals surface area contributed by atoms with E-state index in [1.165, 1.54) is 0 Å². The number of H-pyrrole nitrogens is 1. The highest BCUT2D eigenvalue weighted by Crippen LogP contribution is 2.21. The Bertz CT molecular complexity index is 604. The third kappa shape index (κ3) is 3.31. The highest BCUT2D eigenvalue weighted by Gasteiger charge is 2.36. The summed E-state index contributed by atoms with van der Waals surface area (Å²) in [5, 5.41) is 6.86. The van der Waals surface area contributed by atoms with Crippen molar-refractivity contribution in [3.63, 3.8) is 0 Å². The summed E-state index contributed by atoms with van der Waals surface area (Å²) in [7, 11) is 0. The van der Waals surface area contributed by atoms with E-state index in [4.69, 9.17) is 0 Å². The fourth-order valence-corrected chi connectivity index (χ4v) is 3.66. The molecule has 24 heavy (non-hydrogen) atoms. The summed E-state index contributed by atoms with van der Waals surface area (Å²) in [6.07, 6.45) is 1.98. The topological polar surface area (TPSA) is 72.5 Å². The number of rotatable bonds is 3. The molecule has 2 aliphatic rings. The van der Waals surface area contributed by atoms with Crippen molar-refractivity contribution in [1.82, 2.24) is 24.9 Å². The Hall–Kier alpha value is -1.89. The van der Waals surface area contributed by atoms with Crippen LogP contribution in [0.3, 0.4) is 0 Å². The molecule has 0 bridgehead atoms. The first-order chi connectivity index (χ1) is 11.5. The van der Waals surface area contributed by atoms with Crippen LogP contribution in [0.2, 0.25) is 0 Å². The minimum atomic E-state index is -0.0298. The standard InChI is InChI=1S/C17H27N5O2/c1-12(2)22-6-4-5-15(17(22)24)20-7-9-21(10-8-20)16(23)14-11-13(3)18-19-14/h11-12,15H,4-10H2,1-3H3,(H,18,19). The van der Waals surface area contributed by atoms with Crippen LogP contribution in [-0.2, 0) is 4.79 Å². The molecule has 0 aromatic carbocycles. The van der Waals surface area contributed by atoms with Crippen LogP contribution in [-0.4, -0.2) is 81.5 Å². The van der Waals surface area contributed by atoms with E-state index in [0.717, 1.165) is 38.2 Å². The van der Waals surface area contributed by atoms with Crippen LogP contribution in [0.25, 0.3) is 0 Å². The summed E-state index contributed by atoms with van der Waals surface area (Å²) >= 11 is 0. The first-order valence-corrected chi connectivity index (χ1v) is 8.83. The number of nitrogens with zero attached hydrogens (tertiary/aromatic N) is 4. The average Bonchev–Trinajstić information content (AvgIpc) is 3.01. The zero-order valence-corrected chi connectivity index (χ0v) is 14.8. The lowest BCUT2D eigenvalue weighted by Crippen LogP contribution is -2.59. The molecule has 1 atom stereocenters. The number of nitrogens with one attached hydrogen (secondary N) is 1. The van der Waals surface area contributed by atoms with Crippen molar-refractivity contribution >= 4 is 11.8 Å². The third-order valence-corrected chi connectivity index (χ3v) is 5.04. The van der Waals surface area contributed by atoms with Gasteiger partial charge in [0.25, 0.3) is 5.91 Å². The highest BCUT2D eigenvalue weighted by molar-refractivity contribution is 5.92. The second kappa shape index (κ2) is 6.93. The molecule has 2 amide bonds. The molecule has 2 saturated heterocycles. The van der Waals surface area contributed by atoms with Crippen molar-refractivity contribution < 1.29 is 9.59 Å². The molecule has 7 heteroatoms. The van der Waals surface area contributed by atoms with Crippen LogP contribution in [0.5, 0.6) is 0 Å². The van der Waals surface area contributed by atoms with Gasteiger partial charge in [-0.05, 0) is 39.7 Å². The quantitative estimate of drug-likeness (QED) is 0.891. The summed E-state index contributed by atoms with van der Waals surface area (Å²) in [6.45, 7) is 9.69. The molecule has 0 spiro atoms. The smallest absolute Gasteiger partial charge is 0.274 e. The summed E-state index contributed by atoms with van der Waals surface area (Å²) < 4.78 is 0. The maximum Gasteiger partial charge on any atom is 0.274 e. The van der Waals surface area contributed by atoms with E-state index in [2.05, 4.69) is 28.9 Å². The first kappa shape index (κ1) is 17.0. The molecular formula is C17H27N5O2. The number of carbonyl (C=O) groups excluding carboxylic acids is 2. The monoisotopic (exact) mass is 333 g/mol. The molecule has 2 aliphatic heterocycles. The molecular weight excluding hydrogens is 306 g/mol. The van der Waals surface area contributed by atoms with Gasteiger partial charge in [-0.1, -0.05) is 0 Å². The lowest BCUT2D eigenvalue weighted by Gasteiger charge is -2.43. The van der Waals surface area contributed by atoms with Gasteiger partial charge in [0.15, 0.2) is 0 Å². The van der Waals surface area contributed by atoms with Gasteiger partial charge in [-0.15, -0.1) is 0 Å². The number of likely N-dealkylation sites (tertiary alicyclic amines) is 1. The Labute approximate surface area is 143 Å². The zero-order chi connectivity index (χ0) is 17.3. The van der Waals surface area contributed by atoms with Gasteiger partial charge in [0.2, 0.25) is 5.91 Å². The van der Waals surface area contributed by atoms with Gasteiger partial charge in [-0.2, -0.15) is 5.10 Å². The van der Waals surface area contributed by atoms with Crippen LogP contribution < -0.4 is 0 Å². The van der Waals surface area contributed by atoms with E-state index < -0.39 is 0 Å². The van der Waals surface area contributed by atoms with E-state index in [1.807, 2.05) is 16.7 Å². The maximum atomic E-state index is 12.7. The molecule has 1 N–H and O–H groups in total. The predicted octanol–water partition coefficient (Wildman–Crippen LogP) is 0.875. The van der Waals surface area contributed by atoms with Crippen molar-refractivity contribution in [2.45, 2.75) is 45.7 Å². The molecule has 1 aromatic heterocycles. The Balaban J connectivity index is 1.58. The Morgan fingerprint density at radius 3 is 2.54 bits per heavy atom. The number of aryl methyl sites for hydroxylation is 1. The second-order valence-corrected chi connectivity index (χ2v) is 7.05. The molecule has 2 fully saturated rings. The number of hydrogen-bond donors (Lipinski definition) is 1. The Morgan fingerprint density at radius 2 is 1.96 bits per heavy atom. The summed E-state index contributed by atoms with van der Waals surface area (Å²) in [5.74, 6) is 0.219. The van der Waals surface area contributed by atoms with Crippen LogP contribution in [0, 0.1) is 6.92 Å². The number of carbonyl (C=O) groups is 2. The van der Waals surface area contributed by atoms with Crippen LogP contribution >= 0.6 is 0 Å². The van der Waals surface area contributed by atoms with Crippen LogP contribution in [0.15, 0.2) is 6.07 Å². The van der Waals surface area contributed by atoms with Crippen LogP contribution in [0.4, 0.5) is 0 Å². The fraction of sp³-hybridized carbons (Fsp3) is 0.706. The normalized spacial score (nSPS) is 23.2. The van der Waals surface area contributed by atoms with Crippen LogP contribution in [0.1, 0.15) is 42.9 Å². The van der Waals surface area contributed by atoms with E-state index in [1.54, 1.807) is 6.07 Å². The van der Waals surface area contributed by atoms with E-state index in [0.29, 0.717) is 18.8 Å². The number of piperazine rings is 1. The molecule has 1 unspecified atom stereocenters. The van der Waals surface area contributed by atoms with Gasteiger partial charge in [0.1, 0.15) is 5.69 Å². The molecule has 7 nitrogen and oxygen atoms in total. The first-order valence-electron chi connectivity index (χ1n) is 8.83. The Morgan fingerprint density at radius 1 is 1.25 bits per heavy atom. The van der Waals surface area contributed by atoms with E-state index >= 15 is 0 Å². The van der Waals surface area contributed by atoms with Gasteiger partial charge in [-0.25, -0.2) is 0 Å². The van der Waals surface area contributed by atoms with E-state index in [-0.39, 0.29) is 23.9 Å². The van der Waals surface area contributed by atoms with Gasteiger partial charge < -0.3 is 9.80 Å². The number of aromatic nitrogens is 2. The predicted molar refractivity (Wildman–Crippen MR) is 90.7 cm³/mol. The summed E-state index contributed by atoms with van der Waals surface area (Å²) in [6, 6.07) is 2.01. The fourth-order valence-electron chi connectivity index (χ4n) is 3.66. The molecule has 3 heterocycles. The van der Waals surface area contributed by atoms with Crippen molar-refractivity contribution in [2.24, 2.45) is 0 Å². The number of piperidine rings is 1. The lowest BCUT2D eigenvalue weighted by atomic mass is 10.0. The number of aromatic amines is 1. The van der Waals surface area contributed by atoms with E-state index in [9.17, 15) is 9.59 Å². The van der Waals surface area contributed by atoms with Gasteiger partial charge in [0, 0.05) is 44.5 Å². The SMILES string of the molecule is Cc1cc(C(=O)N2CCN(C3CCCN(C(C)C)C3=O)CC2)n[nH]1. The molecule has 1 aromatic rings. The van der Waals surface area contributed by atoms with Gasteiger partial charge >= 0.3 is 0 Å². The van der Waals surface area contributed by atoms with Crippen molar-refractivity contribution in [3.8, 4) is 0 Å². The van der Waals surface area contributed by atoms with Crippen molar-refractivity contribution in [3.05, 3.63) is 17.5 Å². The zero-order valence-electron chi connectivity index (χ0n) is 14.8. The molecule has 0 aliphatic carbocycles. The highest BCUT2D eigenvalue weighted by atomic mass is 16.2. The molecule has 0 radical (unpaired) electrons. The van der Waals surface area contributed by atoms with Crippen molar-refractivity contribution in [2.75, 3.05) is 32.7 Å². The number of amides is 2.